The zero-order chi connectivity index (χ0) is 20.8. The summed E-state index contributed by atoms with van der Waals surface area (Å²) in [6.07, 6.45) is 0.764. The monoisotopic (exact) mass is 396 g/mol. The number of carbonyl (C=O) groups is 3. The molecule has 7 nitrogen and oxygen atoms in total. The number of anilines is 2. The first kappa shape index (κ1) is 20.4. The Labute approximate surface area is 169 Å². The topological polar surface area (TPSA) is 84.9 Å². The number of fused-ring (bicyclic) bond motifs is 1. The normalized spacial score (nSPS) is 15.7. The van der Waals surface area contributed by atoms with Crippen LogP contribution < -0.4 is 15.0 Å². The van der Waals surface area contributed by atoms with E-state index in [-0.39, 0.29) is 37.3 Å². The van der Waals surface area contributed by atoms with E-state index in [1.807, 2.05) is 24.3 Å². The largest absolute Gasteiger partial charge is 0.496 e. The summed E-state index contributed by atoms with van der Waals surface area (Å²) in [6.45, 7) is 1.42. The number of nitrogens with zero attached hydrogens (tertiary/aromatic N) is 1. The van der Waals surface area contributed by atoms with E-state index in [0.29, 0.717) is 23.5 Å². The van der Waals surface area contributed by atoms with Crippen LogP contribution in [0.25, 0.3) is 0 Å². The molecule has 0 saturated carbocycles. The minimum atomic E-state index is -0.464. The fourth-order valence-electron chi connectivity index (χ4n) is 3.40. The molecule has 1 aliphatic heterocycles. The lowest BCUT2D eigenvalue weighted by molar-refractivity contribution is -0.148. The lowest BCUT2D eigenvalue weighted by Crippen LogP contribution is -2.41. The van der Waals surface area contributed by atoms with Gasteiger partial charge in [-0.3, -0.25) is 14.4 Å². The number of ether oxygens (including phenoxy) is 2. The molecule has 0 aliphatic carbocycles. The second-order valence-electron chi connectivity index (χ2n) is 6.85. The Hall–Kier alpha value is -3.35. The van der Waals surface area contributed by atoms with Gasteiger partial charge in [0.15, 0.2) is 6.61 Å². The maximum atomic E-state index is 12.8. The quantitative estimate of drug-likeness (QED) is 0.759. The van der Waals surface area contributed by atoms with Crippen molar-refractivity contribution in [2.45, 2.75) is 32.2 Å². The number of hydrogen-bond acceptors (Lipinski definition) is 5. The number of esters is 1. The third-order valence-electron chi connectivity index (χ3n) is 4.78. The lowest BCUT2D eigenvalue weighted by Gasteiger charge is -2.27. The van der Waals surface area contributed by atoms with Crippen LogP contribution >= 0.6 is 0 Å². The molecule has 7 heteroatoms. The Balaban J connectivity index is 1.61. The van der Waals surface area contributed by atoms with E-state index in [4.69, 9.17) is 9.47 Å². The SMILES string of the molecule is COc1ccccc1CCC(=O)OCC(=O)N1c2ccccc2NC(=O)C[C@@H]1C. The van der Waals surface area contributed by atoms with E-state index in [1.54, 1.807) is 38.3 Å². The molecule has 1 atom stereocenters. The minimum absolute atomic E-state index is 0.139. The Kier molecular flexibility index (Phi) is 6.49. The van der Waals surface area contributed by atoms with Gasteiger partial charge in [0.2, 0.25) is 5.91 Å². The molecule has 0 spiro atoms. The number of nitrogens with one attached hydrogen (secondary N) is 1. The molecule has 29 heavy (non-hydrogen) atoms. The molecule has 0 aromatic heterocycles. The summed E-state index contributed by atoms with van der Waals surface area (Å²) >= 11 is 0. The van der Waals surface area contributed by atoms with E-state index >= 15 is 0 Å². The number of rotatable bonds is 6. The Bertz CT molecular complexity index is 912. The molecule has 2 amide bonds. The van der Waals surface area contributed by atoms with E-state index in [2.05, 4.69) is 5.32 Å². The molecule has 3 rings (SSSR count). The molecule has 0 fully saturated rings. The van der Waals surface area contributed by atoms with Crippen molar-refractivity contribution in [1.82, 2.24) is 0 Å². The van der Waals surface area contributed by atoms with E-state index < -0.39 is 5.97 Å². The van der Waals surface area contributed by atoms with Crippen LogP contribution in [0, 0.1) is 0 Å². The van der Waals surface area contributed by atoms with Crippen LogP contribution in [-0.2, 0) is 25.5 Å². The van der Waals surface area contributed by atoms with Crippen molar-refractivity contribution in [3.05, 3.63) is 54.1 Å². The van der Waals surface area contributed by atoms with Gasteiger partial charge in [-0.1, -0.05) is 30.3 Å². The standard InChI is InChI=1S/C22H24N2O5/c1-15-13-20(25)23-17-8-4-5-9-18(17)24(15)21(26)14-29-22(27)12-11-16-7-3-6-10-19(16)28-2/h3-10,15H,11-14H2,1-2H3,(H,23,25)/t15-/m0/s1. The zero-order valence-corrected chi connectivity index (χ0v) is 16.5. The molecular weight excluding hydrogens is 372 g/mol. The van der Waals surface area contributed by atoms with Crippen LogP contribution in [0.2, 0.25) is 0 Å². The van der Waals surface area contributed by atoms with Gasteiger partial charge < -0.3 is 19.7 Å². The van der Waals surface area contributed by atoms with Crippen LogP contribution in [0.4, 0.5) is 11.4 Å². The number of methoxy groups -OCH3 is 1. The summed E-state index contributed by atoms with van der Waals surface area (Å²) in [4.78, 5) is 38.5. The van der Waals surface area contributed by atoms with Crippen molar-refractivity contribution in [1.29, 1.82) is 0 Å². The molecule has 1 N–H and O–H groups in total. The predicted octanol–water partition coefficient (Wildman–Crippen LogP) is 2.93. The van der Waals surface area contributed by atoms with Gasteiger partial charge in [0, 0.05) is 18.9 Å². The smallest absolute Gasteiger partial charge is 0.306 e. The van der Waals surface area contributed by atoms with Crippen molar-refractivity contribution in [2.24, 2.45) is 0 Å². The van der Waals surface area contributed by atoms with Gasteiger partial charge in [-0.15, -0.1) is 0 Å². The Morgan fingerprint density at radius 1 is 1.14 bits per heavy atom. The maximum absolute atomic E-state index is 12.8. The summed E-state index contributed by atoms with van der Waals surface area (Å²) in [5.74, 6) is -0.279. The fraction of sp³-hybridized carbons (Fsp3) is 0.318. The first-order valence-electron chi connectivity index (χ1n) is 9.48. The summed E-state index contributed by atoms with van der Waals surface area (Å²) < 4.78 is 10.5. The summed E-state index contributed by atoms with van der Waals surface area (Å²) in [5, 5.41) is 2.80. The zero-order valence-electron chi connectivity index (χ0n) is 16.5. The van der Waals surface area contributed by atoms with Crippen LogP contribution in [-0.4, -0.2) is 37.5 Å². The second-order valence-corrected chi connectivity index (χ2v) is 6.85. The highest BCUT2D eigenvalue weighted by atomic mass is 16.5. The van der Waals surface area contributed by atoms with Crippen LogP contribution in [0.15, 0.2) is 48.5 Å². The molecule has 2 aromatic carbocycles. The summed E-state index contributed by atoms with van der Waals surface area (Å²) in [5.41, 5.74) is 2.07. The second kappa shape index (κ2) is 9.23. The summed E-state index contributed by atoms with van der Waals surface area (Å²) in [6, 6.07) is 14.2. The van der Waals surface area contributed by atoms with Crippen molar-refractivity contribution in [2.75, 3.05) is 23.9 Å². The number of hydrogen-bond donors (Lipinski definition) is 1. The van der Waals surface area contributed by atoms with Crippen molar-refractivity contribution in [3.63, 3.8) is 0 Å². The van der Waals surface area contributed by atoms with Crippen molar-refractivity contribution >= 4 is 29.2 Å². The molecule has 0 radical (unpaired) electrons. The third-order valence-corrected chi connectivity index (χ3v) is 4.78. The Morgan fingerprint density at radius 2 is 1.86 bits per heavy atom. The molecule has 2 aromatic rings. The summed E-state index contributed by atoms with van der Waals surface area (Å²) in [7, 11) is 1.58. The van der Waals surface area contributed by atoms with Crippen LogP contribution in [0.3, 0.4) is 0 Å². The van der Waals surface area contributed by atoms with Crippen LogP contribution in [0.5, 0.6) is 5.75 Å². The van der Waals surface area contributed by atoms with Crippen LogP contribution in [0.1, 0.15) is 25.3 Å². The number of amides is 2. The highest BCUT2D eigenvalue weighted by Crippen LogP contribution is 2.31. The number of aryl methyl sites for hydroxylation is 1. The average Bonchev–Trinajstić information content (AvgIpc) is 2.84. The third kappa shape index (κ3) is 4.93. The molecule has 0 saturated heterocycles. The average molecular weight is 396 g/mol. The van der Waals surface area contributed by atoms with Gasteiger partial charge in [0.1, 0.15) is 5.75 Å². The van der Waals surface area contributed by atoms with E-state index in [9.17, 15) is 14.4 Å². The molecule has 1 heterocycles. The van der Waals surface area contributed by atoms with Crippen molar-refractivity contribution < 1.29 is 23.9 Å². The molecule has 1 aliphatic rings. The van der Waals surface area contributed by atoms with E-state index in [0.717, 1.165) is 5.56 Å². The maximum Gasteiger partial charge on any atom is 0.306 e. The van der Waals surface area contributed by atoms with Gasteiger partial charge in [-0.2, -0.15) is 0 Å². The number of carbonyl (C=O) groups excluding carboxylic acids is 3. The van der Waals surface area contributed by atoms with Crippen molar-refractivity contribution in [3.8, 4) is 5.75 Å². The molecule has 152 valence electrons. The van der Waals surface area contributed by atoms with Gasteiger partial charge in [-0.25, -0.2) is 0 Å². The first-order valence-corrected chi connectivity index (χ1v) is 9.48. The van der Waals surface area contributed by atoms with Gasteiger partial charge in [0.05, 0.1) is 18.5 Å². The van der Waals surface area contributed by atoms with E-state index in [1.165, 1.54) is 4.90 Å². The number of para-hydroxylation sites is 3. The Morgan fingerprint density at radius 3 is 2.66 bits per heavy atom. The van der Waals surface area contributed by atoms with Gasteiger partial charge in [0.25, 0.3) is 5.91 Å². The highest BCUT2D eigenvalue weighted by Gasteiger charge is 2.30. The van der Waals surface area contributed by atoms with Gasteiger partial charge >= 0.3 is 5.97 Å². The van der Waals surface area contributed by atoms with Gasteiger partial charge in [-0.05, 0) is 37.1 Å². The minimum Gasteiger partial charge on any atom is -0.496 e. The first-order chi connectivity index (χ1) is 14.0. The lowest BCUT2D eigenvalue weighted by atomic mass is 10.1. The predicted molar refractivity (Wildman–Crippen MR) is 109 cm³/mol. The molecule has 0 bridgehead atoms. The number of benzene rings is 2. The fourth-order valence-corrected chi connectivity index (χ4v) is 3.40. The molecular formula is C22H24N2O5. The highest BCUT2D eigenvalue weighted by molar-refractivity contribution is 6.05. The molecule has 0 unspecified atom stereocenters.